The highest BCUT2D eigenvalue weighted by Crippen LogP contribution is 2.29. The van der Waals surface area contributed by atoms with Crippen LogP contribution in [0.4, 0.5) is 5.69 Å². The van der Waals surface area contributed by atoms with Gasteiger partial charge in [-0.25, -0.2) is 0 Å². The van der Waals surface area contributed by atoms with Crippen molar-refractivity contribution in [1.82, 2.24) is 0 Å². The van der Waals surface area contributed by atoms with Gasteiger partial charge < -0.3 is 10.1 Å². The monoisotopic (exact) mass is 334 g/mol. The van der Waals surface area contributed by atoms with E-state index in [1.54, 1.807) is 49.4 Å². The Balaban J connectivity index is 2.10. The number of hydrogen-bond acceptors (Lipinski definition) is 3. The van der Waals surface area contributed by atoms with Gasteiger partial charge in [0, 0.05) is 0 Å². The first-order valence-electron chi connectivity index (χ1n) is 6.43. The summed E-state index contributed by atoms with van der Waals surface area (Å²) in [5, 5.41) is 12.3. The van der Waals surface area contributed by atoms with Gasteiger partial charge in [0.05, 0.1) is 21.3 Å². The summed E-state index contributed by atoms with van der Waals surface area (Å²) >= 11 is 11.9. The standard InChI is InChI=1S/C16H12Cl2N2O2/c1-10(22-14-8-3-2-5-11(14)9-19)16(21)20-13-7-4-6-12(17)15(13)18/h2-8,10H,1H3,(H,20,21). The molecule has 1 atom stereocenters. The number of nitriles is 1. The Bertz CT molecular complexity index is 741. The molecule has 0 aliphatic rings. The van der Waals surface area contributed by atoms with E-state index in [1.807, 2.05) is 6.07 Å². The molecule has 112 valence electrons. The first kappa shape index (κ1) is 16.2. The fourth-order valence-electron chi connectivity index (χ4n) is 1.74. The third kappa shape index (κ3) is 3.70. The summed E-state index contributed by atoms with van der Waals surface area (Å²) in [6, 6.07) is 13.7. The van der Waals surface area contributed by atoms with Crippen molar-refractivity contribution in [2.45, 2.75) is 13.0 Å². The Kier molecular flexibility index (Phi) is 5.26. The summed E-state index contributed by atoms with van der Waals surface area (Å²) in [7, 11) is 0. The number of amides is 1. The van der Waals surface area contributed by atoms with E-state index >= 15 is 0 Å². The Morgan fingerprint density at radius 2 is 1.95 bits per heavy atom. The van der Waals surface area contributed by atoms with Crippen LogP contribution in [0.3, 0.4) is 0 Å². The molecule has 0 aliphatic carbocycles. The van der Waals surface area contributed by atoms with Gasteiger partial charge in [-0.3, -0.25) is 4.79 Å². The van der Waals surface area contributed by atoms with Crippen molar-refractivity contribution >= 4 is 34.8 Å². The van der Waals surface area contributed by atoms with Crippen LogP contribution in [0.15, 0.2) is 42.5 Å². The van der Waals surface area contributed by atoms with Crippen LogP contribution >= 0.6 is 23.2 Å². The van der Waals surface area contributed by atoms with E-state index in [1.165, 1.54) is 0 Å². The zero-order chi connectivity index (χ0) is 16.1. The molecule has 0 aromatic heterocycles. The maximum Gasteiger partial charge on any atom is 0.265 e. The zero-order valence-corrected chi connectivity index (χ0v) is 13.2. The van der Waals surface area contributed by atoms with Crippen molar-refractivity contribution in [3.05, 3.63) is 58.1 Å². The highest BCUT2D eigenvalue weighted by molar-refractivity contribution is 6.44. The van der Waals surface area contributed by atoms with Gasteiger partial charge in [0.2, 0.25) is 0 Å². The third-order valence-corrected chi connectivity index (χ3v) is 3.71. The van der Waals surface area contributed by atoms with Gasteiger partial charge in [-0.05, 0) is 31.2 Å². The second-order valence-electron chi connectivity index (χ2n) is 4.46. The average molecular weight is 335 g/mol. The molecule has 0 fully saturated rings. The van der Waals surface area contributed by atoms with Crippen LogP contribution in [0.2, 0.25) is 10.0 Å². The minimum Gasteiger partial charge on any atom is -0.480 e. The number of carbonyl (C=O) groups excluding carboxylic acids is 1. The van der Waals surface area contributed by atoms with Gasteiger partial charge in [-0.2, -0.15) is 5.26 Å². The maximum atomic E-state index is 12.2. The quantitative estimate of drug-likeness (QED) is 0.907. The molecule has 22 heavy (non-hydrogen) atoms. The van der Waals surface area contributed by atoms with Crippen molar-refractivity contribution in [1.29, 1.82) is 5.26 Å². The van der Waals surface area contributed by atoms with Gasteiger partial charge in [0.15, 0.2) is 6.10 Å². The summed E-state index contributed by atoms with van der Waals surface area (Å²) in [6.07, 6.45) is -0.801. The predicted molar refractivity (Wildman–Crippen MR) is 86.3 cm³/mol. The van der Waals surface area contributed by atoms with Crippen LogP contribution in [0.5, 0.6) is 5.75 Å². The molecule has 4 nitrogen and oxygen atoms in total. The fraction of sp³-hybridized carbons (Fsp3) is 0.125. The number of ether oxygens (including phenoxy) is 1. The minimum absolute atomic E-state index is 0.266. The van der Waals surface area contributed by atoms with Gasteiger partial charge in [0.25, 0.3) is 5.91 Å². The number of carbonyl (C=O) groups is 1. The van der Waals surface area contributed by atoms with Crippen LogP contribution in [-0.2, 0) is 4.79 Å². The second-order valence-corrected chi connectivity index (χ2v) is 5.24. The van der Waals surface area contributed by atoms with E-state index in [0.29, 0.717) is 22.0 Å². The number of hydrogen-bond donors (Lipinski definition) is 1. The summed E-state index contributed by atoms with van der Waals surface area (Å²) in [5.41, 5.74) is 0.770. The third-order valence-electron chi connectivity index (χ3n) is 2.89. The molecule has 0 saturated carbocycles. The van der Waals surface area contributed by atoms with Gasteiger partial charge >= 0.3 is 0 Å². The van der Waals surface area contributed by atoms with E-state index in [-0.39, 0.29) is 5.02 Å². The number of anilines is 1. The molecule has 1 amide bonds. The molecule has 0 heterocycles. The molecule has 1 unspecified atom stereocenters. The van der Waals surface area contributed by atoms with Gasteiger partial charge in [0.1, 0.15) is 11.8 Å². The smallest absolute Gasteiger partial charge is 0.265 e. The Hall–Kier alpha value is -2.22. The topological polar surface area (TPSA) is 62.1 Å². The molecule has 0 bridgehead atoms. The summed E-state index contributed by atoms with van der Waals surface area (Å²) in [4.78, 5) is 12.2. The number of para-hydroxylation sites is 1. The van der Waals surface area contributed by atoms with E-state index in [9.17, 15) is 4.79 Å². The first-order valence-corrected chi connectivity index (χ1v) is 7.19. The highest BCUT2D eigenvalue weighted by Gasteiger charge is 2.18. The zero-order valence-electron chi connectivity index (χ0n) is 11.6. The number of nitrogens with one attached hydrogen (secondary N) is 1. The van der Waals surface area contributed by atoms with Crippen LogP contribution in [0, 0.1) is 11.3 Å². The number of rotatable bonds is 4. The Morgan fingerprint density at radius 3 is 2.68 bits per heavy atom. The molecular formula is C16H12Cl2N2O2. The fourth-order valence-corrected chi connectivity index (χ4v) is 2.09. The lowest BCUT2D eigenvalue weighted by atomic mass is 10.2. The second kappa shape index (κ2) is 7.17. The van der Waals surface area contributed by atoms with E-state index in [2.05, 4.69) is 5.32 Å². The highest BCUT2D eigenvalue weighted by atomic mass is 35.5. The summed E-state index contributed by atoms with van der Waals surface area (Å²) in [6.45, 7) is 1.59. The molecule has 0 radical (unpaired) electrons. The molecule has 6 heteroatoms. The van der Waals surface area contributed by atoms with Gasteiger partial charge in [-0.15, -0.1) is 0 Å². The number of nitrogens with zero attached hydrogens (tertiary/aromatic N) is 1. The lowest BCUT2D eigenvalue weighted by Crippen LogP contribution is -2.30. The van der Waals surface area contributed by atoms with Crippen molar-refractivity contribution in [2.75, 3.05) is 5.32 Å². The number of halogens is 2. The summed E-state index contributed by atoms with van der Waals surface area (Å²) in [5.74, 6) is -0.0400. The minimum atomic E-state index is -0.801. The lowest BCUT2D eigenvalue weighted by molar-refractivity contribution is -0.122. The summed E-state index contributed by atoms with van der Waals surface area (Å²) < 4.78 is 5.53. The molecule has 0 spiro atoms. The molecule has 0 aliphatic heterocycles. The molecule has 2 aromatic rings. The largest absolute Gasteiger partial charge is 0.480 e. The van der Waals surface area contributed by atoms with Crippen molar-refractivity contribution in [2.24, 2.45) is 0 Å². The molecule has 0 saturated heterocycles. The lowest BCUT2D eigenvalue weighted by Gasteiger charge is -2.16. The Morgan fingerprint density at radius 1 is 1.23 bits per heavy atom. The molecule has 2 aromatic carbocycles. The van der Waals surface area contributed by atoms with Crippen LogP contribution in [-0.4, -0.2) is 12.0 Å². The van der Waals surface area contributed by atoms with Crippen LogP contribution in [0.1, 0.15) is 12.5 Å². The van der Waals surface area contributed by atoms with Crippen molar-refractivity contribution in [3.8, 4) is 11.8 Å². The van der Waals surface area contributed by atoms with Crippen molar-refractivity contribution < 1.29 is 9.53 Å². The first-order chi connectivity index (χ1) is 10.5. The maximum absolute atomic E-state index is 12.2. The predicted octanol–water partition coefficient (Wildman–Crippen LogP) is 4.27. The molecular weight excluding hydrogens is 323 g/mol. The molecule has 2 rings (SSSR count). The SMILES string of the molecule is CC(Oc1ccccc1C#N)C(=O)Nc1cccc(Cl)c1Cl. The van der Waals surface area contributed by atoms with E-state index in [4.69, 9.17) is 33.2 Å². The van der Waals surface area contributed by atoms with E-state index < -0.39 is 12.0 Å². The van der Waals surface area contributed by atoms with Crippen LogP contribution < -0.4 is 10.1 Å². The Labute approximate surface area is 138 Å². The van der Waals surface area contributed by atoms with Crippen molar-refractivity contribution in [3.63, 3.8) is 0 Å². The normalized spacial score (nSPS) is 11.4. The van der Waals surface area contributed by atoms with Gasteiger partial charge in [-0.1, -0.05) is 41.4 Å². The number of benzene rings is 2. The van der Waals surface area contributed by atoms with Crippen LogP contribution in [0.25, 0.3) is 0 Å². The van der Waals surface area contributed by atoms with E-state index in [0.717, 1.165) is 0 Å². The molecule has 1 N–H and O–H groups in total. The average Bonchev–Trinajstić information content (AvgIpc) is 2.52.